The summed E-state index contributed by atoms with van der Waals surface area (Å²) in [5.41, 5.74) is 1.91. The molecule has 188 valence electrons. The molecule has 3 aromatic rings. The van der Waals surface area contributed by atoms with Gasteiger partial charge in [0.05, 0.1) is 36.1 Å². The van der Waals surface area contributed by atoms with E-state index in [2.05, 4.69) is 4.99 Å². The number of benzene rings is 2. The lowest BCUT2D eigenvalue weighted by Gasteiger charge is -2.25. The van der Waals surface area contributed by atoms with Crippen LogP contribution in [0.4, 0.5) is 0 Å². The highest BCUT2D eigenvalue weighted by Gasteiger charge is 2.34. The molecule has 1 aromatic heterocycles. The number of carbonyl (C=O) groups excluding carboxylic acids is 1. The highest BCUT2D eigenvalue weighted by Crippen LogP contribution is 2.34. The number of allylic oxidation sites excluding steroid dienone is 1. The van der Waals surface area contributed by atoms with Crippen molar-refractivity contribution < 1.29 is 19.0 Å². The second-order valence-electron chi connectivity index (χ2n) is 8.08. The van der Waals surface area contributed by atoms with E-state index >= 15 is 0 Å². The molecule has 0 aliphatic carbocycles. The van der Waals surface area contributed by atoms with E-state index in [1.54, 1.807) is 39.2 Å². The standard InChI is InChI=1S/C27H27ClN2O5S/c1-5-13-35-20-12-11-17(14-21(20)33-4)15-22-25(31)30-24(18-9-7-8-10-19(18)28)23(26(32)34-6-2)16(3)29-27(30)36-22/h7-12,14-15,24H,5-6,13H2,1-4H3/b22-15+/t24-/m0/s1. The van der Waals surface area contributed by atoms with Gasteiger partial charge in [-0.1, -0.05) is 54.1 Å². The van der Waals surface area contributed by atoms with E-state index in [0.29, 0.717) is 49.3 Å². The van der Waals surface area contributed by atoms with Gasteiger partial charge in [-0.05, 0) is 55.7 Å². The molecule has 1 atom stereocenters. The van der Waals surface area contributed by atoms with Crippen LogP contribution in [-0.2, 0) is 9.53 Å². The predicted molar refractivity (Wildman–Crippen MR) is 141 cm³/mol. The van der Waals surface area contributed by atoms with Crippen LogP contribution in [-0.4, -0.2) is 30.9 Å². The van der Waals surface area contributed by atoms with E-state index in [9.17, 15) is 9.59 Å². The largest absolute Gasteiger partial charge is 0.493 e. The van der Waals surface area contributed by atoms with E-state index in [-0.39, 0.29) is 12.2 Å². The molecule has 2 aromatic carbocycles. The van der Waals surface area contributed by atoms with E-state index in [0.717, 1.165) is 12.0 Å². The third-order valence-corrected chi connectivity index (χ3v) is 6.99. The predicted octanol–water partition coefficient (Wildman–Crippen LogP) is 4.25. The number of aromatic nitrogens is 1. The number of thiazole rings is 1. The minimum absolute atomic E-state index is 0.203. The number of rotatable bonds is 8. The van der Waals surface area contributed by atoms with Crippen LogP contribution in [0.1, 0.15) is 44.4 Å². The summed E-state index contributed by atoms with van der Waals surface area (Å²) in [6, 6.07) is 11.9. The number of methoxy groups -OCH3 is 1. The van der Waals surface area contributed by atoms with Crippen molar-refractivity contribution in [2.75, 3.05) is 20.3 Å². The summed E-state index contributed by atoms with van der Waals surface area (Å²) in [5.74, 6) is 0.705. The summed E-state index contributed by atoms with van der Waals surface area (Å²) >= 11 is 7.79. The second-order valence-corrected chi connectivity index (χ2v) is 9.50. The Kier molecular flexibility index (Phi) is 7.96. The summed E-state index contributed by atoms with van der Waals surface area (Å²) in [4.78, 5) is 31.8. The van der Waals surface area contributed by atoms with Gasteiger partial charge in [-0.25, -0.2) is 9.79 Å². The minimum Gasteiger partial charge on any atom is -0.493 e. The molecule has 1 aliphatic rings. The highest BCUT2D eigenvalue weighted by molar-refractivity contribution is 7.07. The number of hydrogen-bond donors (Lipinski definition) is 0. The molecular formula is C27H27ClN2O5S. The zero-order chi connectivity index (χ0) is 25.8. The fourth-order valence-corrected chi connectivity index (χ4v) is 5.32. The fourth-order valence-electron chi connectivity index (χ4n) is 4.04. The lowest BCUT2D eigenvalue weighted by atomic mass is 9.96. The Labute approximate surface area is 217 Å². The first-order chi connectivity index (χ1) is 17.4. The molecule has 0 spiro atoms. The molecule has 0 unspecified atom stereocenters. The number of nitrogens with zero attached hydrogens (tertiary/aromatic N) is 2. The van der Waals surface area contributed by atoms with Gasteiger partial charge in [0, 0.05) is 5.02 Å². The van der Waals surface area contributed by atoms with E-state index in [1.165, 1.54) is 15.9 Å². The Bertz CT molecular complexity index is 1510. The van der Waals surface area contributed by atoms with Gasteiger partial charge in [-0.3, -0.25) is 9.36 Å². The zero-order valence-electron chi connectivity index (χ0n) is 20.5. The second kappa shape index (κ2) is 11.1. The first-order valence-corrected chi connectivity index (χ1v) is 12.8. The molecule has 0 amide bonds. The maximum Gasteiger partial charge on any atom is 0.338 e. The Morgan fingerprint density at radius 2 is 1.97 bits per heavy atom. The van der Waals surface area contributed by atoms with Crippen LogP contribution in [0.2, 0.25) is 5.02 Å². The number of halogens is 1. The van der Waals surface area contributed by atoms with Crippen LogP contribution in [0, 0.1) is 0 Å². The van der Waals surface area contributed by atoms with Crippen molar-refractivity contribution in [1.82, 2.24) is 4.57 Å². The van der Waals surface area contributed by atoms with Crippen molar-refractivity contribution in [2.24, 2.45) is 4.99 Å². The van der Waals surface area contributed by atoms with E-state index < -0.39 is 12.0 Å². The Morgan fingerprint density at radius 1 is 1.19 bits per heavy atom. The summed E-state index contributed by atoms with van der Waals surface area (Å²) in [7, 11) is 1.58. The molecule has 4 rings (SSSR count). The van der Waals surface area contributed by atoms with Gasteiger partial charge in [0.2, 0.25) is 0 Å². The number of carbonyl (C=O) groups is 1. The smallest absolute Gasteiger partial charge is 0.338 e. The normalized spacial score (nSPS) is 15.4. The molecule has 0 saturated heterocycles. The molecule has 36 heavy (non-hydrogen) atoms. The van der Waals surface area contributed by atoms with Gasteiger partial charge in [0.1, 0.15) is 6.04 Å². The highest BCUT2D eigenvalue weighted by atomic mass is 35.5. The van der Waals surface area contributed by atoms with Gasteiger partial charge in [0.15, 0.2) is 16.3 Å². The molecule has 9 heteroatoms. The fraction of sp³-hybridized carbons (Fsp3) is 0.296. The molecule has 0 saturated carbocycles. The Morgan fingerprint density at radius 3 is 2.67 bits per heavy atom. The van der Waals surface area contributed by atoms with Crippen molar-refractivity contribution in [3.05, 3.63) is 89.6 Å². The number of esters is 1. The topological polar surface area (TPSA) is 79.1 Å². The van der Waals surface area contributed by atoms with Crippen molar-refractivity contribution in [1.29, 1.82) is 0 Å². The molecule has 0 N–H and O–H groups in total. The summed E-state index contributed by atoms with van der Waals surface area (Å²) in [6.07, 6.45) is 2.66. The minimum atomic E-state index is -0.754. The SMILES string of the molecule is CCCOc1ccc(/C=c2/sc3n(c2=O)[C@@H](c2ccccc2Cl)C(C(=O)OCC)=C(C)N=3)cc1OC. The summed E-state index contributed by atoms with van der Waals surface area (Å²) in [5, 5.41) is 0.445. The number of ether oxygens (including phenoxy) is 3. The maximum absolute atomic E-state index is 13.7. The third kappa shape index (κ3) is 4.96. The first kappa shape index (κ1) is 25.7. The number of fused-ring (bicyclic) bond motifs is 1. The van der Waals surface area contributed by atoms with E-state index in [4.69, 9.17) is 25.8 Å². The molecule has 2 heterocycles. The Balaban J connectivity index is 1.89. The van der Waals surface area contributed by atoms with Crippen molar-refractivity contribution in [3.63, 3.8) is 0 Å². The van der Waals surface area contributed by atoms with Gasteiger partial charge in [-0.15, -0.1) is 0 Å². The average molecular weight is 527 g/mol. The quantitative estimate of drug-likeness (QED) is 0.410. The molecule has 0 fully saturated rings. The van der Waals surface area contributed by atoms with Gasteiger partial charge in [0.25, 0.3) is 5.56 Å². The monoisotopic (exact) mass is 526 g/mol. The molecule has 1 aliphatic heterocycles. The van der Waals surface area contributed by atoms with Crippen LogP contribution in [0.25, 0.3) is 6.08 Å². The van der Waals surface area contributed by atoms with E-state index in [1.807, 2.05) is 37.3 Å². The number of hydrogen-bond acceptors (Lipinski definition) is 7. The van der Waals surface area contributed by atoms with Gasteiger partial charge in [-0.2, -0.15) is 0 Å². The van der Waals surface area contributed by atoms with Crippen molar-refractivity contribution in [2.45, 2.75) is 33.2 Å². The van der Waals surface area contributed by atoms with Gasteiger partial charge < -0.3 is 14.2 Å². The summed E-state index contributed by atoms with van der Waals surface area (Å²) < 4.78 is 18.5. The lowest BCUT2D eigenvalue weighted by molar-refractivity contribution is -0.139. The molecule has 0 radical (unpaired) electrons. The van der Waals surface area contributed by atoms with Gasteiger partial charge >= 0.3 is 5.97 Å². The van der Waals surface area contributed by atoms with Crippen LogP contribution < -0.4 is 24.4 Å². The molecular weight excluding hydrogens is 500 g/mol. The van der Waals surface area contributed by atoms with Crippen LogP contribution in [0.5, 0.6) is 11.5 Å². The van der Waals surface area contributed by atoms with Crippen molar-refractivity contribution in [3.8, 4) is 11.5 Å². The lowest BCUT2D eigenvalue weighted by Crippen LogP contribution is -2.40. The van der Waals surface area contributed by atoms with Crippen LogP contribution in [0.15, 0.2) is 63.5 Å². The van der Waals surface area contributed by atoms with Crippen molar-refractivity contribution >= 4 is 35.0 Å². The summed E-state index contributed by atoms with van der Waals surface area (Å²) in [6.45, 7) is 6.30. The molecule has 7 nitrogen and oxygen atoms in total. The zero-order valence-corrected chi connectivity index (χ0v) is 22.1. The van der Waals surface area contributed by atoms with Crippen LogP contribution >= 0.6 is 22.9 Å². The average Bonchev–Trinajstić information content (AvgIpc) is 3.17. The molecule has 0 bridgehead atoms. The first-order valence-electron chi connectivity index (χ1n) is 11.6. The Hall–Kier alpha value is -3.36. The maximum atomic E-state index is 13.7. The van der Waals surface area contributed by atoms with Crippen LogP contribution in [0.3, 0.4) is 0 Å². The third-order valence-electron chi connectivity index (χ3n) is 5.66.